The second-order valence-electron chi connectivity index (χ2n) is 5.74. The van der Waals surface area contributed by atoms with Crippen LogP contribution in [0, 0.1) is 0 Å². The predicted octanol–water partition coefficient (Wildman–Crippen LogP) is 0.174. The first kappa shape index (κ1) is 14.2. The monoisotopic (exact) mass is 290 g/mol. The van der Waals surface area contributed by atoms with Gasteiger partial charge in [-0.2, -0.15) is 5.10 Å². The van der Waals surface area contributed by atoms with E-state index in [4.69, 9.17) is 0 Å². The van der Waals surface area contributed by atoms with Crippen molar-refractivity contribution in [1.82, 2.24) is 29.7 Å². The fourth-order valence-electron chi connectivity index (χ4n) is 3.01. The lowest BCUT2D eigenvalue weighted by molar-refractivity contribution is 0.0282. The van der Waals surface area contributed by atoms with Gasteiger partial charge >= 0.3 is 0 Å². The Hall–Kier alpha value is -1.73. The summed E-state index contributed by atoms with van der Waals surface area (Å²) < 4.78 is 3.73. The average molecular weight is 290 g/mol. The third-order valence-corrected chi connectivity index (χ3v) is 4.13. The number of likely N-dealkylation sites (tertiary alicyclic amines) is 1. The van der Waals surface area contributed by atoms with Crippen LogP contribution in [0.3, 0.4) is 0 Å². The molecule has 114 valence electrons. The van der Waals surface area contributed by atoms with Gasteiger partial charge in [-0.1, -0.05) is 5.21 Å². The van der Waals surface area contributed by atoms with E-state index in [0.717, 1.165) is 32.5 Å². The molecule has 1 atom stereocenters. The molecule has 1 saturated heterocycles. The second-order valence-corrected chi connectivity index (χ2v) is 5.74. The van der Waals surface area contributed by atoms with Gasteiger partial charge in [-0.25, -0.2) is 4.68 Å². The van der Waals surface area contributed by atoms with E-state index in [0.29, 0.717) is 13.1 Å². The summed E-state index contributed by atoms with van der Waals surface area (Å²) in [6.07, 6.45) is 7.03. The van der Waals surface area contributed by atoms with Crippen molar-refractivity contribution in [2.45, 2.75) is 38.5 Å². The summed E-state index contributed by atoms with van der Waals surface area (Å²) in [6.45, 7) is 6.07. The molecule has 0 spiro atoms. The van der Waals surface area contributed by atoms with Crippen molar-refractivity contribution in [1.29, 1.82) is 0 Å². The van der Waals surface area contributed by atoms with Crippen LogP contribution in [0.5, 0.6) is 0 Å². The van der Waals surface area contributed by atoms with E-state index in [1.165, 1.54) is 5.69 Å². The third-order valence-electron chi connectivity index (χ3n) is 4.13. The molecular formula is C14H22N6O. The molecule has 3 rings (SSSR count). The molecule has 2 aromatic heterocycles. The molecule has 7 nitrogen and oxygen atoms in total. The van der Waals surface area contributed by atoms with E-state index in [2.05, 4.69) is 33.3 Å². The molecule has 0 aromatic carbocycles. The van der Waals surface area contributed by atoms with Gasteiger partial charge in [0.1, 0.15) is 0 Å². The molecule has 7 heteroatoms. The summed E-state index contributed by atoms with van der Waals surface area (Å²) in [5, 5.41) is 22.7. The highest BCUT2D eigenvalue weighted by Gasteiger charge is 2.36. The Morgan fingerprint density at radius 3 is 3.05 bits per heavy atom. The van der Waals surface area contributed by atoms with Crippen LogP contribution in [0.15, 0.2) is 24.7 Å². The van der Waals surface area contributed by atoms with E-state index in [1.807, 2.05) is 10.9 Å². The smallest absolute Gasteiger partial charge is 0.0981 e. The molecule has 0 amide bonds. The number of rotatable bonds is 6. The highest BCUT2D eigenvalue weighted by atomic mass is 16.3. The fraction of sp³-hybridized carbons (Fsp3) is 0.643. The van der Waals surface area contributed by atoms with E-state index in [1.54, 1.807) is 17.1 Å². The highest BCUT2D eigenvalue weighted by molar-refractivity contribution is 5.02. The standard InChI is InChI=1S/C14H22N6O/c1-2-20-13(3-6-16-20)4-8-18-9-5-14(21,11-18)12-19-10-7-15-17-19/h3,6-7,10,21H,2,4-5,8-9,11-12H2,1H3. The predicted molar refractivity (Wildman–Crippen MR) is 77.6 cm³/mol. The maximum Gasteiger partial charge on any atom is 0.0981 e. The van der Waals surface area contributed by atoms with Crippen LogP contribution in [0.1, 0.15) is 19.0 Å². The molecular weight excluding hydrogens is 268 g/mol. The van der Waals surface area contributed by atoms with Gasteiger partial charge < -0.3 is 5.11 Å². The van der Waals surface area contributed by atoms with Gasteiger partial charge in [0.15, 0.2) is 0 Å². The lowest BCUT2D eigenvalue weighted by atomic mass is 10.0. The molecule has 1 N–H and O–H groups in total. The maximum atomic E-state index is 10.6. The van der Waals surface area contributed by atoms with Crippen molar-refractivity contribution in [2.75, 3.05) is 19.6 Å². The molecule has 0 radical (unpaired) electrons. The first-order valence-electron chi connectivity index (χ1n) is 7.48. The summed E-state index contributed by atoms with van der Waals surface area (Å²) >= 11 is 0. The zero-order valence-electron chi connectivity index (χ0n) is 12.4. The Labute approximate surface area is 124 Å². The summed E-state index contributed by atoms with van der Waals surface area (Å²) in [5.41, 5.74) is 0.558. The Bertz CT molecular complexity index is 566. The van der Waals surface area contributed by atoms with E-state index < -0.39 is 5.60 Å². The number of β-amino-alcohol motifs (C(OH)–C–C–N with tert-alkyl or cyclic N) is 1. The fourth-order valence-corrected chi connectivity index (χ4v) is 3.01. The van der Waals surface area contributed by atoms with Crippen LogP contribution in [0.4, 0.5) is 0 Å². The molecule has 1 aliphatic rings. The Morgan fingerprint density at radius 1 is 1.38 bits per heavy atom. The van der Waals surface area contributed by atoms with Gasteiger partial charge in [0.25, 0.3) is 0 Å². The molecule has 0 saturated carbocycles. The van der Waals surface area contributed by atoms with Gasteiger partial charge in [-0.15, -0.1) is 5.10 Å². The van der Waals surface area contributed by atoms with Gasteiger partial charge in [0.05, 0.1) is 18.3 Å². The maximum absolute atomic E-state index is 10.6. The molecule has 1 aliphatic heterocycles. The summed E-state index contributed by atoms with van der Waals surface area (Å²) in [6, 6.07) is 2.07. The number of aryl methyl sites for hydroxylation is 1. The molecule has 1 fully saturated rings. The highest BCUT2D eigenvalue weighted by Crippen LogP contribution is 2.23. The number of hydrogen-bond donors (Lipinski definition) is 1. The quantitative estimate of drug-likeness (QED) is 0.821. The normalized spacial score (nSPS) is 23.0. The molecule has 3 heterocycles. The van der Waals surface area contributed by atoms with Crippen LogP contribution in [0.2, 0.25) is 0 Å². The second kappa shape index (κ2) is 5.95. The average Bonchev–Trinajstić information content (AvgIpc) is 3.18. The zero-order chi connectivity index (χ0) is 14.7. The minimum atomic E-state index is -0.696. The SMILES string of the molecule is CCn1nccc1CCN1CCC(O)(Cn2ccnn2)C1. The number of nitrogens with zero attached hydrogens (tertiary/aromatic N) is 6. The molecule has 0 aliphatic carbocycles. The number of hydrogen-bond acceptors (Lipinski definition) is 5. The van der Waals surface area contributed by atoms with Crippen molar-refractivity contribution >= 4 is 0 Å². The van der Waals surface area contributed by atoms with E-state index in [9.17, 15) is 5.11 Å². The van der Waals surface area contributed by atoms with Gasteiger partial charge in [-0.3, -0.25) is 9.58 Å². The van der Waals surface area contributed by atoms with Crippen LogP contribution in [-0.4, -0.2) is 60.0 Å². The van der Waals surface area contributed by atoms with Gasteiger partial charge in [-0.05, 0) is 19.4 Å². The number of aromatic nitrogens is 5. The minimum Gasteiger partial charge on any atom is -0.387 e. The van der Waals surface area contributed by atoms with Crippen molar-refractivity contribution in [3.05, 3.63) is 30.4 Å². The molecule has 0 bridgehead atoms. The van der Waals surface area contributed by atoms with E-state index in [-0.39, 0.29) is 0 Å². The largest absolute Gasteiger partial charge is 0.387 e. The topological polar surface area (TPSA) is 72.0 Å². The summed E-state index contributed by atoms with van der Waals surface area (Å²) in [4.78, 5) is 2.31. The van der Waals surface area contributed by atoms with Crippen molar-refractivity contribution in [3.8, 4) is 0 Å². The molecule has 2 aromatic rings. The lowest BCUT2D eigenvalue weighted by Gasteiger charge is -2.23. The molecule has 21 heavy (non-hydrogen) atoms. The first-order valence-corrected chi connectivity index (χ1v) is 7.48. The third kappa shape index (κ3) is 3.30. The minimum absolute atomic E-state index is 0.510. The van der Waals surface area contributed by atoms with Crippen molar-refractivity contribution in [3.63, 3.8) is 0 Å². The van der Waals surface area contributed by atoms with Gasteiger partial charge in [0, 0.05) is 50.7 Å². The molecule has 1 unspecified atom stereocenters. The Balaban J connectivity index is 1.52. The Morgan fingerprint density at radius 2 is 2.29 bits per heavy atom. The van der Waals surface area contributed by atoms with Gasteiger partial charge in [0.2, 0.25) is 0 Å². The summed E-state index contributed by atoms with van der Waals surface area (Å²) in [5.74, 6) is 0. The van der Waals surface area contributed by atoms with Crippen LogP contribution < -0.4 is 0 Å². The number of aliphatic hydroxyl groups is 1. The van der Waals surface area contributed by atoms with Crippen LogP contribution in [-0.2, 0) is 19.5 Å². The van der Waals surface area contributed by atoms with Crippen molar-refractivity contribution in [2.24, 2.45) is 0 Å². The van der Waals surface area contributed by atoms with Crippen LogP contribution in [0.25, 0.3) is 0 Å². The van der Waals surface area contributed by atoms with E-state index >= 15 is 0 Å². The first-order chi connectivity index (χ1) is 10.2. The Kier molecular flexibility index (Phi) is 4.03. The summed E-state index contributed by atoms with van der Waals surface area (Å²) in [7, 11) is 0. The lowest BCUT2D eigenvalue weighted by Crippen LogP contribution is -2.38. The van der Waals surface area contributed by atoms with Crippen LogP contribution >= 0.6 is 0 Å². The van der Waals surface area contributed by atoms with Crippen molar-refractivity contribution < 1.29 is 5.11 Å². The zero-order valence-corrected chi connectivity index (χ0v) is 12.4.